The Morgan fingerprint density at radius 2 is 1.71 bits per heavy atom. The highest BCUT2D eigenvalue weighted by atomic mass is 35.5. The predicted octanol–water partition coefficient (Wildman–Crippen LogP) is 5.96. The number of amides is 2. The number of hydrogen-bond donors (Lipinski definition) is 1. The standard InChI is InChI=1S/C23H20ClN3O/c1-16-20(17-6-3-2-4-7-17)8-5-9-21(16)25-23(28)27-15-14-22(26-27)18-10-12-19(24)13-11-18/h2-13H,14-15H2,1H3,(H,25,28). The van der Waals surface area contributed by atoms with Gasteiger partial charge in [0, 0.05) is 17.1 Å². The fourth-order valence-electron chi connectivity index (χ4n) is 3.33. The second kappa shape index (κ2) is 7.87. The van der Waals surface area contributed by atoms with Gasteiger partial charge in [-0.05, 0) is 47.4 Å². The molecule has 0 fully saturated rings. The molecule has 0 bridgehead atoms. The van der Waals surface area contributed by atoms with Crippen LogP contribution in [0.1, 0.15) is 17.5 Å². The summed E-state index contributed by atoms with van der Waals surface area (Å²) >= 11 is 5.95. The van der Waals surface area contributed by atoms with Crippen molar-refractivity contribution >= 4 is 29.0 Å². The average molecular weight is 390 g/mol. The van der Waals surface area contributed by atoms with E-state index in [-0.39, 0.29) is 6.03 Å². The maximum absolute atomic E-state index is 12.7. The molecule has 28 heavy (non-hydrogen) atoms. The summed E-state index contributed by atoms with van der Waals surface area (Å²) in [5, 5.41) is 9.66. The molecule has 4 nitrogen and oxygen atoms in total. The molecule has 3 aromatic carbocycles. The van der Waals surface area contributed by atoms with Crippen molar-refractivity contribution in [2.75, 3.05) is 11.9 Å². The van der Waals surface area contributed by atoms with Crippen LogP contribution in [0.3, 0.4) is 0 Å². The average Bonchev–Trinajstić information content (AvgIpc) is 3.21. The molecule has 4 rings (SSSR count). The van der Waals surface area contributed by atoms with Crippen molar-refractivity contribution in [3.05, 3.63) is 88.9 Å². The van der Waals surface area contributed by atoms with Crippen LogP contribution < -0.4 is 5.32 Å². The van der Waals surface area contributed by atoms with E-state index >= 15 is 0 Å². The van der Waals surface area contributed by atoms with Gasteiger partial charge in [-0.3, -0.25) is 0 Å². The third-order valence-electron chi connectivity index (χ3n) is 4.87. The number of carbonyl (C=O) groups is 1. The Bertz CT molecular complexity index is 1030. The maximum Gasteiger partial charge on any atom is 0.342 e. The van der Waals surface area contributed by atoms with Crippen LogP contribution in [0, 0.1) is 6.92 Å². The van der Waals surface area contributed by atoms with Gasteiger partial charge in [0.25, 0.3) is 0 Å². The molecule has 140 valence electrons. The lowest BCUT2D eigenvalue weighted by atomic mass is 9.99. The van der Waals surface area contributed by atoms with Crippen LogP contribution >= 0.6 is 11.6 Å². The molecule has 2 amide bonds. The Morgan fingerprint density at radius 3 is 2.46 bits per heavy atom. The lowest BCUT2D eigenvalue weighted by Crippen LogP contribution is -2.29. The Balaban J connectivity index is 1.52. The van der Waals surface area contributed by atoms with Crippen LogP contribution in [0.25, 0.3) is 11.1 Å². The molecule has 0 atom stereocenters. The van der Waals surface area contributed by atoms with E-state index in [0.717, 1.165) is 40.1 Å². The monoisotopic (exact) mass is 389 g/mol. The van der Waals surface area contributed by atoms with Gasteiger partial charge < -0.3 is 5.32 Å². The minimum Gasteiger partial charge on any atom is -0.306 e. The molecule has 5 heteroatoms. The molecule has 0 unspecified atom stereocenters. The number of carbonyl (C=O) groups excluding carboxylic acids is 1. The van der Waals surface area contributed by atoms with Gasteiger partial charge in [0.15, 0.2) is 0 Å². The number of rotatable bonds is 3. The van der Waals surface area contributed by atoms with E-state index in [0.29, 0.717) is 11.6 Å². The summed E-state index contributed by atoms with van der Waals surface area (Å²) in [5.74, 6) is 0. The van der Waals surface area contributed by atoms with Crippen LogP contribution in [0.4, 0.5) is 10.5 Å². The number of halogens is 1. The molecular weight excluding hydrogens is 370 g/mol. The molecule has 1 aliphatic rings. The van der Waals surface area contributed by atoms with Crippen molar-refractivity contribution in [3.63, 3.8) is 0 Å². The number of hydrazone groups is 1. The largest absolute Gasteiger partial charge is 0.342 e. The highest BCUT2D eigenvalue weighted by Gasteiger charge is 2.22. The molecule has 0 saturated heterocycles. The number of anilines is 1. The van der Waals surface area contributed by atoms with E-state index in [1.807, 2.05) is 61.5 Å². The molecule has 0 aliphatic carbocycles. The fourth-order valence-corrected chi connectivity index (χ4v) is 3.46. The van der Waals surface area contributed by atoms with Gasteiger partial charge in [-0.2, -0.15) is 5.10 Å². The first-order chi connectivity index (χ1) is 13.6. The molecular formula is C23H20ClN3O. The molecule has 0 radical (unpaired) electrons. The van der Waals surface area contributed by atoms with Crippen molar-refractivity contribution in [2.45, 2.75) is 13.3 Å². The molecule has 1 heterocycles. The molecule has 0 aromatic heterocycles. The lowest BCUT2D eigenvalue weighted by Gasteiger charge is -2.16. The van der Waals surface area contributed by atoms with Crippen molar-refractivity contribution in [2.24, 2.45) is 5.10 Å². The SMILES string of the molecule is Cc1c(NC(=O)N2CCC(c3ccc(Cl)cc3)=N2)cccc1-c1ccccc1. The van der Waals surface area contributed by atoms with Crippen LogP contribution in [-0.4, -0.2) is 23.3 Å². The highest BCUT2D eigenvalue weighted by Crippen LogP contribution is 2.28. The van der Waals surface area contributed by atoms with Crippen LogP contribution in [0.15, 0.2) is 77.9 Å². The molecule has 1 N–H and O–H groups in total. The van der Waals surface area contributed by atoms with Gasteiger partial charge in [-0.1, -0.05) is 66.2 Å². The summed E-state index contributed by atoms with van der Waals surface area (Å²) in [6.45, 7) is 2.57. The smallest absolute Gasteiger partial charge is 0.306 e. The van der Waals surface area contributed by atoms with E-state index in [2.05, 4.69) is 28.6 Å². The number of hydrogen-bond acceptors (Lipinski definition) is 2. The highest BCUT2D eigenvalue weighted by molar-refractivity contribution is 6.30. The zero-order chi connectivity index (χ0) is 19.5. The quantitative estimate of drug-likeness (QED) is 0.590. The van der Waals surface area contributed by atoms with Crippen molar-refractivity contribution < 1.29 is 4.79 Å². The van der Waals surface area contributed by atoms with Gasteiger partial charge in [0.2, 0.25) is 0 Å². The lowest BCUT2D eigenvalue weighted by molar-refractivity contribution is 0.219. The second-order valence-electron chi connectivity index (χ2n) is 6.70. The summed E-state index contributed by atoms with van der Waals surface area (Å²) in [7, 11) is 0. The minimum atomic E-state index is -0.225. The fraction of sp³-hybridized carbons (Fsp3) is 0.130. The zero-order valence-electron chi connectivity index (χ0n) is 15.5. The van der Waals surface area contributed by atoms with Gasteiger partial charge in [-0.15, -0.1) is 0 Å². The van der Waals surface area contributed by atoms with Crippen LogP contribution in [0.2, 0.25) is 5.02 Å². The zero-order valence-corrected chi connectivity index (χ0v) is 16.3. The molecule has 1 aliphatic heterocycles. The second-order valence-corrected chi connectivity index (χ2v) is 7.14. The molecule has 3 aromatic rings. The number of nitrogens with zero attached hydrogens (tertiary/aromatic N) is 2. The third-order valence-corrected chi connectivity index (χ3v) is 5.13. The number of benzene rings is 3. The number of nitrogens with one attached hydrogen (secondary N) is 1. The van der Waals surface area contributed by atoms with Gasteiger partial charge in [-0.25, -0.2) is 9.80 Å². The Morgan fingerprint density at radius 1 is 0.964 bits per heavy atom. The van der Waals surface area contributed by atoms with Crippen molar-refractivity contribution in [3.8, 4) is 11.1 Å². The Labute approximate surface area is 169 Å². The van der Waals surface area contributed by atoms with Crippen LogP contribution in [-0.2, 0) is 0 Å². The summed E-state index contributed by atoms with van der Waals surface area (Å²) in [4.78, 5) is 12.7. The van der Waals surface area contributed by atoms with Gasteiger partial charge in [0.1, 0.15) is 0 Å². The summed E-state index contributed by atoms with van der Waals surface area (Å²) < 4.78 is 0. The summed E-state index contributed by atoms with van der Waals surface area (Å²) in [6.07, 6.45) is 0.720. The van der Waals surface area contributed by atoms with E-state index in [1.165, 1.54) is 5.01 Å². The first kappa shape index (κ1) is 18.3. The van der Waals surface area contributed by atoms with E-state index in [1.54, 1.807) is 0 Å². The summed E-state index contributed by atoms with van der Waals surface area (Å²) in [5.41, 5.74) is 5.93. The van der Waals surface area contributed by atoms with E-state index in [9.17, 15) is 4.79 Å². The van der Waals surface area contributed by atoms with Gasteiger partial charge in [0.05, 0.1) is 12.3 Å². The molecule has 0 spiro atoms. The number of urea groups is 1. The molecule has 0 saturated carbocycles. The summed E-state index contributed by atoms with van der Waals surface area (Å²) in [6, 6.07) is 23.4. The van der Waals surface area contributed by atoms with E-state index in [4.69, 9.17) is 11.6 Å². The van der Waals surface area contributed by atoms with E-state index < -0.39 is 0 Å². The maximum atomic E-state index is 12.7. The Kier molecular flexibility index (Phi) is 5.13. The van der Waals surface area contributed by atoms with Crippen molar-refractivity contribution in [1.29, 1.82) is 0 Å². The first-order valence-corrected chi connectivity index (χ1v) is 9.56. The Hall–Kier alpha value is -3.11. The van der Waals surface area contributed by atoms with Crippen molar-refractivity contribution in [1.82, 2.24) is 5.01 Å². The normalized spacial score (nSPS) is 13.4. The third kappa shape index (κ3) is 3.78. The van der Waals surface area contributed by atoms with Gasteiger partial charge >= 0.3 is 6.03 Å². The predicted molar refractivity (Wildman–Crippen MR) is 115 cm³/mol. The first-order valence-electron chi connectivity index (χ1n) is 9.19. The topological polar surface area (TPSA) is 44.7 Å². The minimum absolute atomic E-state index is 0.225. The van der Waals surface area contributed by atoms with Crippen LogP contribution in [0.5, 0.6) is 0 Å².